The van der Waals surface area contributed by atoms with Gasteiger partial charge in [0.1, 0.15) is 0 Å². The van der Waals surface area contributed by atoms with Gasteiger partial charge in [0.25, 0.3) is 0 Å². The van der Waals surface area contributed by atoms with Gasteiger partial charge in [-0.1, -0.05) is 0 Å². The third-order valence-corrected chi connectivity index (χ3v) is 4.88. The molecule has 1 aliphatic rings. The molecule has 1 aromatic heterocycles. The number of phenolic OH excluding ortho intramolecular Hbond substituents is 1. The Kier molecular flexibility index (Phi) is 3.74. The van der Waals surface area contributed by atoms with E-state index >= 15 is 0 Å². The number of rotatable bonds is 3. The van der Waals surface area contributed by atoms with Crippen LogP contribution in [0.3, 0.4) is 0 Å². The molecule has 1 saturated heterocycles. The molecule has 7 heteroatoms. The summed E-state index contributed by atoms with van der Waals surface area (Å²) in [6, 6.07) is 3.13. The van der Waals surface area contributed by atoms with E-state index in [0.717, 1.165) is 41.5 Å². The van der Waals surface area contributed by atoms with E-state index in [9.17, 15) is 15.2 Å². The molecule has 1 fully saturated rings. The minimum atomic E-state index is -0.561. The molecule has 0 spiro atoms. The number of thiazole rings is 1. The summed E-state index contributed by atoms with van der Waals surface area (Å²) >= 11 is 1.57. The number of hydrogen-bond donors (Lipinski definition) is 1. The molecule has 2 heterocycles. The summed E-state index contributed by atoms with van der Waals surface area (Å²) in [4.78, 5) is 18.3. The molecule has 0 bridgehead atoms. The molecule has 0 aliphatic carbocycles. The van der Waals surface area contributed by atoms with E-state index < -0.39 is 4.92 Å². The van der Waals surface area contributed by atoms with Crippen molar-refractivity contribution in [1.29, 1.82) is 0 Å². The van der Waals surface area contributed by atoms with Crippen molar-refractivity contribution in [2.75, 3.05) is 18.0 Å². The summed E-state index contributed by atoms with van der Waals surface area (Å²) < 4.78 is 0. The third kappa shape index (κ3) is 2.52. The van der Waals surface area contributed by atoms with Crippen LogP contribution in [-0.2, 0) is 0 Å². The highest BCUT2D eigenvalue weighted by Gasteiger charge is 2.24. The van der Waals surface area contributed by atoms with Gasteiger partial charge in [-0.2, -0.15) is 0 Å². The highest BCUT2D eigenvalue weighted by molar-refractivity contribution is 7.16. The van der Waals surface area contributed by atoms with Crippen molar-refractivity contribution in [3.8, 4) is 17.0 Å². The van der Waals surface area contributed by atoms with E-state index in [4.69, 9.17) is 0 Å². The minimum Gasteiger partial charge on any atom is -0.502 e. The molecule has 2 aromatic rings. The molecular weight excluding hydrogens is 302 g/mol. The molecule has 0 unspecified atom stereocenters. The van der Waals surface area contributed by atoms with Gasteiger partial charge < -0.3 is 10.0 Å². The Hall–Kier alpha value is -2.15. The average Bonchev–Trinajstić information content (AvgIpc) is 3.10. The molecular formula is C15H17N3O3S. The van der Waals surface area contributed by atoms with Crippen molar-refractivity contribution in [3.63, 3.8) is 0 Å². The van der Waals surface area contributed by atoms with Gasteiger partial charge in [0.15, 0.2) is 5.13 Å². The first-order valence-electron chi connectivity index (χ1n) is 7.18. The Bertz CT molecular complexity index is 736. The van der Waals surface area contributed by atoms with Gasteiger partial charge in [0.2, 0.25) is 5.75 Å². The predicted octanol–water partition coefficient (Wildman–Crippen LogP) is 3.64. The SMILES string of the molecule is Cc1cc(-c2nc(N3CCCC3)sc2C)c(O)c([N+](=O)[O-])c1. The number of aromatic hydroxyl groups is 1. The predicted molar refractivity (Wildman–Crippen MR) is 86.8 cm³/mol. The Morgan fingerprint density at radius 3 is 2.64 bits per heavy atom. The van der Waals surface area contributed by atoms with E-state index in [1.165, 1.54) is 6.07 Å². The van der Waals surface area contributed by atoms with Crippen molar-refractivity contribution in [3.05, 3.63) is 32.7 Å². The Morgan fingerprint density at radius 2 is 2.00 bits per heavy atom. The van der Waals surface area contributed by atoms with Crippen LogP contribution in [0.15, 0.2) is 12.1 Å². The summed E-state index contributed by atoms with van der Waals surface area (Å²) in [5.74, 6) is -0.308. The van der Waals surface area contributed by atoms with Crippen molar-refractivity contribution in [2.45, 2.75) is 26.7 Å². The van der Waals surface area contributed by atoms with Crippen LogP contribution in [0.2, 0.25) is 0 Å². The van der Waals surface area contributed by atoms with E-state index in [1.807, 2.05) is 6.92 Å². The number of aryl methyl sites for hydroxylation is 2. The molecule has 1 N–H and O–H groups in total. The summed E-state index contributed by atoms with van der Waals surface area (Å²) in [6.45, 7) is 5.69. The average molecular weight is 319 g/mol. The van der Waals surface area contributed by atoms with Crippen LogP contribution in [-0.4, -0.2) is 28.1 Å². The number of benzene rings is 1. The van der Waals surface area contributed by atoms with Crippen molar-refractivity contribution < 1.29 is 10.0 Å². The number of anilines is 1. The maximum atomic E-state index is 11.1. The highest BCUT2D eigenvalue weighted by atomic mass is 32.1. The Labute approximate surface area is 132 Å². The van der Waals surface area contributed by atoms with E-state index in [-0.39, 0.29) is 11.4 Å². The quantitative estimate of drug-likeness (QED) is 0.690. The number of nitro benzene ring substituents is 1. The maximum Gasteiger partial charge on any atom is 0.311 e. The topological polar surface area (TPSA) is 79.5 Å². The van der Waals surface area contributed by atoms with E-state index in [2.05, 4.69) is 9.88 Å². The first kappa shape index (κ1) is 14.8. The van der Waals surface area contributed by atoms with Crippen LogP contribution < -0.4 is 4.90 Å². The number of nitrogens with zero attached hydrogens (tertiary/aromatic N) is 3. The fourth-order valence-electron chi connectivity index (χ4n) is 2.76. The second-order valence-corrected chi connectivity index (χ2v) is 6.71. The Morgan fingerprint density at radius 1 is 1.32 bits per heavy atom. The normalized spacial score (nSPS) is 14.5. The lowest BCUT2D eigenvalue weighted by Gasteiger charge is -2.12. The summed E-state index contributed by atoms with van der Waals surface area (Å²) in [5, 5.41) is 22.2. The molecule has 3 rings (SSSR count). The monoisotopic (exact) mass is 319 g/mol. The summed E-state index contributed by atoms with van der Waals surface area (Å²) in [5.41, 5.74) is 1.53. The largest absolute Gasteiger partial charge is 0.502 e. The second kappa shape index (κ2) is 5.57. The number of hydrogen-bond acceptors (Lipinski definition) is 6. The lowest BCUT2D eigenvalue weighted by molar-refractivity contribution is -0.385. The molecule has 1 aliphatic heterocycles. The number of aromatic nitrogens is 1. The van der Waals surface area contributed by atoms with Gasteiger partial charge in [-0.15, -0.1) is 11.3 Å². The first-order valence-corrected chi connectivity index (χ1v) is 8.00. The smallest absolute Gasteiger partial charge is 0.311 e. The minimum absolute atomic E-state index is 0.273. The zero-order chi connectivity index (χ0) is 15.9. The van der Waals surface area contributed by atoms with Crippen LogP contribution >= 0.6 is 11.3 Å². The zero-order valence-corrected chi connectivity index (χ0v) is 13.3. The highest BCUT2D eigenvalue weighted by Crippen LogP contribution is 2.42. The van der Waals surface area contributed by atoms with Gasteiger partial charge in [-0.3, -0.25) is 10.1 Å². The van der Waals surface area contributed by atoms with Crippen LogP contribution in [0.4, 0.5) is 10.8 Å². The standard InChI is InChI=1S/C15H17N3O3S/c1-9-7-11(14(19)12(8-9)18(20)21)13-10(2)22-15(16-13)17-5-3-4-6-17/h7-8,19H,3-6H2,1-2H3. The maximum absolute atomic E-state index is 11.1. The lowest BCUT2D eigenvalue weighted by atomic mass is 10.1. The third-order valence-electron chi connectivity index (χ3n) is 3.85. The van der Waals surface area contributed by atoms with E-state index in [1.54, 1.807) is 24.3 Å². The zero-order valence-electron chi connectivity index (χ0n) is 12.5. The molecule has 0 radical (unpaired) electrons. The Balaban J connectivity index is 2.09. The van der Waals surface area contributed by atoms with Gasteiger partial charge >= 0.3 is 5.69 Å². The van der Waals surface area contributed by atoms with Gasteiger partial charge in [-0.05, 0) is 38.3 Å². The number of nitro groups is 1. The van der Waals surface area contributed by atoms with E-state index in [0.29, 0.717) is 11.3 Å². The summed E-state index contributed by atoms with van der Waals surface area (Å²) in [6.07, 6.45) is 2.32. The molecule has 22 heavy (non-hydrogen) atoms. The van der Waals surface area contributed by atoms with Crippen LogP contribution in [0.25, 0.3) is 11.3 Å². The fourth-order valence-corrected chi connectivity index (χ4v) is 3.73. The first-order chi connectivity index (χ1) is 10.5. The molecule has 1 aromatic carbocycles. The van der Waals surface area contributed by atoms with Gasteiger partial charge in [0.05, 0.1) is 16.2 Å². The van der Waals surface area contributed by atoms with Crippen LogP contribution in [0.1, 0.15) is 23.3 Å². The van der Waals surface area contributed by atoms with Gasteiger partial charge in [-0.25, -0.2) is 4.98 Å². The molecule has 0 saturated carbocycles. The lowest BCUT2D eigenvalue weighted by Crippen LogP contribution is -2.17. The van der Waals surface area contributed by atoms with Crippen LogP contribution in [0.5, 0.6) is 5.75 Å². The van der Waals surface area contributed by atoms with Gasteiger partial charge in [0, 0.05) is 24.0 Å². The molecule has 0 amide bonds. The molecule has 0 atom stereocenters. The van der Waals surface area contributed by atoms with Crippen molar-refractivity contribution in [2.24, 2.45) is 0 Å². The van der Waals surface area contributed by atoms with Crippen molar-refractivity contribution in [1.82, 2.24) is 4.98 Å². The number of phenols is 1. The second-order valence-electron chi connectivity index (χ2n) is 5.53. The van der Waals surface area contributed by atoms with Crippen molar-refractivity contribution >= 4 is 22.2 Å². The fraction of sp³-hybridized carbons (Fsp3) is 0.400. The summed E-state index contributed by atoms with van der Waals surface area (Å²) in [7, 11) is 0. The molecule has 116 valence electrons. The molecule has 6 nitrogen and oxygen atoms in total. The van der Waals surface area contributed by atoms with Crippen LogP contribution in [0, 0.1) is 24.0 Å².